The molecule has 1 fully saturated rings. The number of carbonyl (C=O) groups is 2. The summed E-state index contributed by atoms with van der Waals surface area (Å²) in [6.45, 7) is 0. The van der Waals surface area contributed by atoms with E-state index in [1.165, 1.54) is 11.3 Å². The zero-order valence-corrected chi connectivity index (χ0v) is 14.2. The summed E-state index contributed by atoms with van der Waals surface area (Å²) in [5.41, 5.74) is 0.311. The van der Waals surface area contributed by atoms with E-state index >= 15 is 0 Å². The summed E-state index contributed by atoms with van der Waals surface area (Å²) < 4.78 is 0. The fraction of sp³-hybridized carbons (Fsp3) is 0.353. The fourth-order valence-electron chi connectivity index (χ4n) is 3.02. The summed E-state index contributed by atoms with van der Waals surface area (Å²) in [7, 11) is 1.58. The SMILES string of the molecule is CNC(=O)C1(NC(=O)c2csc(-c3ccc(O)cc3)n2)CCCC1. The van der Waals surface area contributed by atoms with Crippen molar-refractivity contribution < 1.29 is 14.7 Å². The van der Waals surface area contributed by atoms with Gasteiger partial charge in [-0.25, -0.2) is 4.98 Å². The molecule has 0 aliphatic heterocycles. The first-order valence-corrected chi connectivity index (χ1v) is 8.72. The van der Waals surface area contributed by atoms with Gasteiger partial charge in [-0.05, 0) is 37.1 Å². The third-order valence-corrected chi connectivity index (χ3v) is 5.21. The fourth-order valence-corrected chi connectivity index (χ4v) is 3.83. The maximum Gasteiger partial charge on any atom is 0.271 e. The Bertz CT molecular complexity index is 749. The van der Waals surface area contributed by atoms with Crippen LogP contribution in [0.2, 0.25) is 0 Å². The molecule has 1 aromatic heterocycles. The molecule has 0 radical (unpaired) electrons. The van der Waals surface area contributed by atoms with Crippen molar-refractivity contribution in [3.05, 3.63) is 35.3 Å². The first-order chi connectivity index (χ1) is 11.5. The molecular weight excluding hydrogens is 326 g/mol. The standard InChI is InChI=1S/C17H19N3O3S/c1-18-16(23)17(8-2-3-9-17)20-14(22)13-10-24-15(19-13)11-4-6-12(21)7-5-11/h4-7,10,21H,2-3,8-9H2,1H3,(H,18,23)(H,20,22). The van der Waals surface area contributed by atoms with E-state index in [4.69, 9.17) is 0 Å². The Hall–Kier alpha value is -2.41. The Labute approximate surface area is 143 Å². The third-order valence-electron chi connectivity index (χ3n) is 4.32. The van der Waals surface area contributed by atoms with E-state index in [1.54, 1.807) is 36.7 Å². The van der Waals surface area contributed by atoms with Crippen molar-refractivity contribution >= 4 is 23.2 Å². The van der Waals surface area contributed by atoms with E-state index in [2.05, 4.69) is 15.6 Å². The monoisotopic (exact) mass is 345 g/mol. The Morgan fingerprint density at radius 3 is 2.50 bits per heavy atom. The van der Waals surface area contributed by atoms with Crippen LogP contribution < -0.4 is 10.6 Å². The van der Waals surface area contributed by atoms with Crippen LogP contribution >= 0.6 is 11.3 Å². The predicted molar refractivity (Wildman–Crippen MR) is 91.9 cm³/mol. The van der Waals surface area contributed by atoms with Gasteiger partial charge in [0.05, 0.1) is 0 Å². The molecule has 0 saturated heterocycles. The number of phenols is 1. The highest BCUT2D eigenvalue weighted by Crippen LogP contribution is 2.31. The number of aromatic nitrogens is 1. The first-order valence-electron chi connectivity index (χ1n) is 7.84. The first kappa shape index (κ1) is 16.4. The minimum atomic E-state index is -0.825. The molecule has 7 heteroatoms. The van der Waals surface area contributed by atoms with E-state index in [-0.39, 0.29) is 17.6 Å². The molecule has 0 unspecified atom stereocenters. The minimum absolute atomic E-state index is 0.151. The Kier molecular flexibility index (Phi) is 4.53. The van der Waals surface area contributed by atoms with Gasteiger partial charge in [-0.3, -0.25) is 9.59 Å². The lowest BCUT2D eigenvalue weighted by atomic mass is 9.96. The van der Waals surface area contributed by atoms with Crippen LogP contribution in [0.4, 0.5) is 0 Å². The summed E-state index contributed by atoms with van der Waals surface area (Å²) in [6.07, 6.45) is 3.13. The molecule has 24 heavy (non-hydrogen) atoms. The summed E-state index contributed by atoms with van der Waals surface area (Å²) in [6, 6.07) is 6.66. The number of carbonyl (C=O) groups excluding carboxylic acids is 2. The highest BCUT2D eigenvalue weighted by molar-refractivity contribution is 7.13. The van der Waals surface area contributed by atoms with Gasteiger partial charge in [-0.2, -0.15) is 0 Å². The van der Waals surface area contributed by atoms with Crippen molar-refractivity contribution in [2.45, 2.75) is 31.2 Å². The number of phenolic OH excluding ortho intramolecular Hbond substituents is 1. The number of nitrogens with zero attached hydrogens (tertiary/aromatic N) is 1. The van der Waals surface area contributed by atoms with Gasteiger partial charge in [0.25, 0.3) is 5.91 Å². The molecule has 0 spiro atoms. The normalized spacial score (nSPS) is 15.9. The van der Waals surface area contributed by atoms with Gasteiger partial charge in [0.2, 0.25) is 5.91 Å². The summed E-state index contributed by atoms with van der Waals surface area (Å²) in [4.78, 5) is 29.1. The molecule has 126 valence electrons. The highest BCUT2D eigenvalue weighted by Gasteiger charge is 2.42. The predicted octanol–water partition coefficient (Wildman–Crippen LogP) is 2.30. The Morgan fingerprint density at radius 1 is 1.21 bits per heavy atom. The Balaban J connectivity index is 1.78. The lowest BCUT2D eigenvalue weighted by Crippen LogP contribution is -2.56. The number of benzene rings is 1. The number of rotatable bonds is 4. The molecule has 1 saturated carbocycles. The molecule has 0 atom stereocenters. The van der Waals surface area contributed by atoms with Crippen LogP contribution in [-0.4, -0.2) is 34.5 Å². The van der Waals surface area contributed by atoms with Gasteiger partial charge in [-0.15, -0.1) is 11.3 Å². The van der Waals surface area contributed by atoms with E-state index in [0.717, 1.165) is 18.4 Å². The number of aromatic hydroxyl groups is 1. The van der Waals surface area contributed by atoms with E-state index < -0.39 is 5.54 Å². The molecule has 6 nitrogen and oxygen atoms in total. The van der Waals surface area contributed by atoms with Gasteiger partial charge in [0.15, 0.2) is 0 Å². The summed E-state index contributed by atoms with van der Waals surface area (Å²) in [5, 5.41) is 17.3. The van der Waals surface area contributed by atoms with Crippen LogP contribution in [-0.2, 0) is 4.79 Å². The third kappa shape index (κ3) is 3.12. The lowest BCUT2D eigenvalue weighted by Gasteiger charge is -2.27. The van der Waals surface area contributed by atoms with Crippen molar-refractivity contribution in [2.24, 2.45) is 0 Å². The van der Waals surface area contributed by atoms with Crippen LogP contribution in [0.5, 0.6) is 5.75 Å². The van der Waals surface area contributed by atoms with Crippen molar-refractivity contribution in [2.75, 3.05) is 7.05 Å². The zero-order chi connectivity index (χ0) is 17.2. The second-order valence-electron chi connectivity index (χ2n) is 5.91. The van der Waals surface area contributed by atoms with Crippen LogP contribution in [0.25, 0.3) is 10.6 Å². The second kappa shape index (κ2) is 6.60. The topological polar surface area (TPSA) is 91.3 Å². The molecule has 1 aromatic carbocycles. The second-order valence-corrected chi connectivity index (χ2v) is 6.77. The van der Waals surface area contributed by atoms with E-state index in [9.17, 15) is 14.7 Å². The molecule has 1 aliphatic rings. The number of likely N-dealkylation sites (N-methyl/N-ethyl adjacent to an activating group) is 1. The number of hydrogen-bond acceptors (Lipinski definition) is 5. The van der Waals surface area contributed by atoms with Crippen LogP contribution in [0, 0.1) is 0 Å². The van der Waals surface area contributed by atoms with Gasteiger partial charge in [-0.1, -0.05) is 12.8 Å². The molecule has 0 bridgehead atoms. The quantitative estimate of drug-likeness (QED) is 0.793. The largest absolute Gasteiger partial charge is 0.508 e. The van der Waals surface area contributed by atoms with E-state index in [0.29, 0.717) is 23.5 Å². The van der Waals surface area contributed by atoms with Gasteiger partial charge < -0.3 is 15.7 Å². The maximum atomic E-state index is 12.5. The van der Waals surface area contributed by atoms with Crippen LogP contribution in [0.3, 0.4) is 0 Å². The molecule has 3 N–H and O–H groups in total. The van der Waals surface area contributed by atoms with Gasteiger partial charge in [0, 0.05) is 18.0 Å². The zero-order valence-electron chi connectivity index (χ0n) is 13.3. The van der Waals surface area contributed by atoms with E-state index in [1.807, 2.05) is 0 Å². The summed E-state index contributed by atoms with van der Waals surface area (Å²) in [5.74, 6) is -0.300. The van der Waals surface area contributed by atoms with Gasteiger partial charge >= 0.3 is 0 Å². The van der Waals surface area contributed by atoms with Crippen molar-refractivity contribution in [1.29, 1.82) is 0 Å². The molecule has 1 heterocycles. The van der Waals surface area contributed by atoms with Gasteiger partial charge in [0.1, 0.15) is 22.0 Å². The summed E-state index contributed by atoms with van der Waals surface area (Å²) >= 11 is 1.35. The van der Waals surface area contributed by atoms with Crippen LogP contribution in [0.1, 0.15) is 36.2 Å². The molecule has 3 rings (SSSR count). The number of amides is 2. The lowest BCUT2D eigenvalue weighted by molar-refractivity contribution is -0.126. The molecule has 1 aliphatic carbocycles. The van der Waals surface area contributed by atoms with Crippen molar-refractivity contribution in [3.63, 3.8) is 0 Å². The molecule has 2 amide bonds. The number of nitrogens with one attached hydrogen (secondary N) is 2. The van der Waals surface area contributed by atoms with Crippen molar-refractivity contribution in [3.8, 4) is 16.3 Å². The number of thiazole rings is 1. The molecular formula is C17H19N3O3S. The number of hydrogen-bond donors (Lipinski definition) is 3. The maximum absolute atomic E-state index is 12.5. The highest BCUT2D eigenvalue weighted by atomic mass is 32.1. The average Bonchev–Trinajstić information content (AvgIpc) is 3.25. The molecule has 2 aromatic rings. The van der Waals surface area contributed by atoms with Crippen molar-refractivity contribution in [1.82, 2.24) is 15.6 Å². The van der Waals surface area contributed by atoms with Crippen LogP contribution in [0.15, 0.2) is 29.6 Å². The smallest absolute Gasteiger partial charge is 0.271 e. The Morgan fingerprint density at radius 2 is 1.88 bits per heavy atom. The average molecular weight is 345 g/mol. The minimum Gasteiger partial charge on any atom is -0.508 e.